The van der Waals surface area contributed by atoms with Gasteiger partial charge in [-0.3, -0.25) is 14.4 Å². The predicted octanol–water partition coefficient (Wildman–Crippen LogP) is 0.634. The van der Waals surface area contributed by atoms with Gasteiger partial charge in [-0.1, -0.05) is 16.9 Å². The van der Waals surface area contributed by atoms with Crippen LogP contribution in [0.25, 0.3) is 0 Å². The van der Waals surface area contributed by atoms with Crippen LogP contribution in [0.15, 0.2) is 10.6 Å². The Kier molecular flexibility index (Phi) is 4.61. The fourth-order valence-electron chi connectivity index (χ4n) is 1.52. The number of aromatic nitrogens is 1. The molecule has 1 aromatic rings. The van der Waals surface area contributed by atoms with Gasteiger partial charge in [0.25, 0.3) is 11.1 Å². The van der Waals surface area contributed by atoms with Gasteiger partial charge in [-0.2, -0.15) is 0 Å². The van der Waals surface area contributed by atoms with Crippen molar-refractivity contribution in [3.8, 4) is 0 Å². The molecule has 0 saturated carbocycles. The molecule has 0 aliphatic carbocycles. The highest BCUT2D eigenvalue weighted by atomic mass is 32.2. The summed E-state index contributed by atoms with van der Waals surface area (Å²) in [6.45, 7) is 1.64. The van der Waals surface area contributed by atoms with Gasteiger partial charge in [0.15, 0.2) is 12.4 Å². The van der Waals surface area contributed by atoms with Crippen LogP contribution in [0.3, 0.4) is 0 Å². The summed E-state index contributed by atoms with van der Waals surface area (Å²) in [5.41, 5.74) is 0. The normalized spacial score (nSPS) is 14.4. The largest absolute Gasteiger partial charge is 0.454 e. The van der Waals surface area contributed by atoms with E-state index in [9.17, 15) is 14.4 Å². The number of anilines is 1. The Labute approximate surface area is 118 Å². The second kappa shape index (κ2) is 6.42. The molecule has 8 nitrogen and oxygen atoms in total. The van der Waals surface area contributed by atoms with Crippen molar-refractivity contribution in [1.82, 2.24) is 10.1 Å². The van der Waals surface area contributed by atoms with Gasteiger partial charge in [0.05, 0.1) is 0 Å². The number of rotatable bonds is 5. The van der Waals surface area contributed by atoms with Crippen molar-refractivity contribution in [3.63, 3.8) is 0 Å². The molecular formula is C11H13N3O5S. The first kappa shape index (κ1) is 14.4. The van der Waals surface area contributed by atoms with Crippen LogP contribution in [0.4, 0.5) is 10.6 Å². The lowest BCUT2D eigenvalue weighted by molar-refractivity contribution is -0.147. The Bertz CT molecular complexity index is 530. The molecule has 0 unspecified atom stereocenters. The number of thioether (sulfide) groups is 1. The Balaban J connectivity index is 1.70. The van der Waals surface area contributed by atoms with Gasteiger partial charge in [-0.15, -0.1) is 0 Å². The molecule has 0 bridgehead atoms. The molecule has 1 aromatic heterocycles. The van der Waals surface area contributed by atoms with Crippen molar-refractivity contribution >= 4 is 34.7 Å². The van der Waals surface area contributed by atoms with Crippen LogP contribution in [0.1, 0.15) is 5.76 Å². The van der Waals surface area contributed by atoms with Gasteiger partial charge in [-0.25, -0.2) is 0 Å². The first-order valence-electron chi connectivity index (χ1n) is 5.85. The van der Waals surface area contributed by atoms with Crippen molar-refractivity contribution in [3.05, 3.63) is 11.8 Å². The van der Waals surface area contributed by atoms with Gasteiger partial charge in [0.2, 0.25) is 0 Å². The number of carbonyl (C=O) groups is 3. The zero-order valence-electron chi connectivity index (χ0n) is 10.7. The highest BCUT2D eigenvalue weighted by Crippen LogP contribution is 2.16. The zero-order valence-corrected chi connectivity index (χ0v) is 11.6. The van der Waals surface area contributed by atoms with Crippen LogP contribution in [0.2, 0.25) is 0 Å². The summed E-state index contributed by atoms with van der Waals surface area (Å²) in [7, 11) is 0. The zero-order chi connectivity index (χ0) is 14.5. The molecule has 20 heavy (non-hydrogen) atoms. The number of nitrogens with one attached hydrogen (secondary N) is 1. The average Bonchev–Trinajstić information content (AvgIpc) is 2.97. The number of esters is 1. The van der Waals surface area contributed by atoms with E-state index < -0.39 is 18.5 Å². The van der Waals surface area contributed by atoms with E-state index in [-0.39, 0.29) is 17.6 Å². The molecule has 108 valence electrons. The molecular weight excluding hydrogens is 286 g/mol. The molecule has 1 aliphatic heterocycles. The smallest absolute Gasteiger partial charge is 0.326 e. The van der Waals surface area contributed by atoms with Gasteiger partial charge >= 0.3 is 5.97 Å². The van der Waals surface area contributed by atoms with Crippen LogP contribution in [0.5, 0.6) is 0 Å². The minimum atomic E-state index is -0.618. The number of hydrogen-bond donors (Lipinski definition) is 1. The van der Waals surface area contributed by atoms with Crippen LogP contribution in [0, 0.1) is 6.92 Å². The third kappa shape index (κ3) is 3.98. The summed E-state index contributed by atoms with van der Waals surface area (Å²) in [5.74, 6) is 0.344. The first-order chi connectivity index (χ1) is 9.54. The van der Waals surface area contributed by atoms with Crippen LogP contribution in [-0.4, -0.2) is 52.6 Å². The Hall–Kier alpha value is -2.03. The number of ether oxygens (including phenoxy) is 1. The quantitative estimate of drug-likeness (QED) is 0.796. The molecule has 0 spiro atoms. The molecule has 2 heterocycles. The maximum absolute atomic E-state index is 11.5. The van der Waals surface area contributed by atoms with Gasteiger partial charge in [0, 0.05) is 18.4 Å². The number of carbonyl (C=O) groups excluding carboxylic acids is 3. The van der Waals surface area contributed by atoms with E-state index in [1.54, 1.807) is 13.0 Å². The van der Waals surface area contributed by atoms with E-state index in [0.29, 0.717) is 18.1 Å². The molecule has 2 rings (SSSR count). The lowest BCUT2D eigenvalue weighted by Gasteiger charge is -2.13. The summed E-state index contributed by atoms with van der Waals surface area (Å²) in [5, 5.41) is 5.84. The number of amides is 2. The van der Waals surface area contributed by atoms with Crippen molar-refractivity contribution in [1.29, 1.82) is 0 Å². The van der Waals surface area contributed by atoms with E-state index in [1.807, 2.05) is 0 Å². The third-order valence-electron chi connectivity index (χ3n) is 2.42. The molecule has 1 N–H and O–H groups in total. The molecule has 1 saturated heterocycles. The SMILES string of the molecule is Cc1cc(NC(=O)COC(=O)CN2CCSC2=O)no1. The maximum atomic E-state index is 11.5. The number of hydrogen-bond acceptors (Lipinski definition) is 7. The lowest BCUT2D eigenvalue weighted by atomic mass is 10.5. The maximum Gasteiger partial charge on any atom is 0.326 e. The second-order valence-corrected chi connectivity index (χ2v) is 5.11. The van der Waals surface area contributed by atoms with Crippen molar-refractivity contribution < 1.29 is 23.6 Å². The number of nitrogens with zero attached hydrogens (tertiary/aromatic N) is 2. The van der Waals surface area contributed by atoms with E-state index in [1.165, 1.54) is 4.90 Å². The topological polar surface area (TPSA) is 102 Å². The Morgan fingerprint density at radius 3 is 3.00 bits per heavy atom. The summed E-state index contributed by atoms with van der Waals surface area (Å²) in [6, 6.07) is 1.54. The molecule has 9 heteroatoms. The Morgan fingerprint density at radius 1 is 1.60 bits per heavy atom. The third-order valence-corrected chi connectivity index (χ3v) is 3.32. The minimum absolute atomic E-state index is 0.137. The number of aryl methyl sites for hydroxylation is 1. The monoisotopic (exact) mass is 299 g/mol. The molecule has 0 radical (unpaired) electrons. The average molecular weight is 299 g/mol. The molecule has 0 aromatic carbocycles. The van der Waals surface area contributed by atoms with E-state index in [0.717, 1.165) is 11.8 Å². The summed E-state index contributed by atoms with van der Waals surface area (Å²) < 4.78 is 9.55. The summed E-state index contributed by atoms with van der Waals surface area (Å²) in [6.07, 6.45) is 0. The van der Waals surface area contributed by atoms with Crippen LogP contribution < -0.4 is 5.32 Å². The predicted molar refractivity (Wildman–Crippen MR) is 70.3 cm³/mol. The lowest BCUT2D eigenvalue weighted by Crippen LogP contribution is -2.32. The fraction of sp³-hybridized carbons (Fsp3) is 0.455. The highest BCUT2D eigenvalue weighted by molar-refractivity contribution is 8.13. The fourth-order valence-corrected chi connectivity index (χ4v) is 2.35. The van der Waals surface area contributed by atoms with E-state index in [2.05, 4.69) is 10.5 Å². The highest BCUT2D eigenvalue weighted by Gasteiger charge is 2.24. The second-order valence-electron chi connectivity index (χ2n) is 4.07. The van der Waals surface area contributed by atoms with E-state index in [4.69, 9.17) is 9.26 Å². The van der Waals surface area contributed by atoms with Crippen molar-refractivity contribution in [2.75, 3.05) is 30.8 Å². The minimum Gasteiger partial charge on any atom is -0.454 e. The standard InChI is InChI=1S/C11H13N3O5S/c1-7-4-8(13-19-7)12-9(15)6-18-10(16)5-14-2-3-20-11(14)17/h4H,2-3,5-6H2,1H3,(H,12,13,15). The van der Waals surface area contributed by atoms with Crippen LogP contribution >= 0.6 is 11.8 Å². The van der Waals surface area contributed by atoms with Crippen molar-refractivity contribution in [2.45, 2.75) is 6.92 Å². The summed E-state index contributed by atoms with van der Waals surface area (Å²) >= 11 is 1.16. The summed E-state index contributed by atoms with van der Waals surface area (Å²) in [4.78, 5) is 35.6. The van der Waals surface area contributed by atoms with Crippen LogP contribution in [-0.2, 0) is 14.3 Å². The van der Waals surface area contributed by atoms with Crippen molar-refractivity contribution in [2.24, 2.45) is 0 Å². The van der Waals surface area contributed by atoms with E-state index >= 15 is 0 Å². The molecule has 0 atom stereocenters. The van der Waals surface area contributed by atoms with Gasteiger partial charge in [0.1, 0.15) is 12.3 Å². The molecule has 2 amide bonds. The molecule has 1 fully saturated rings. The first-order valence-corrected chi connectivity index (χ1v) is 6.83. The Morgan fingerprint density at radius 2 is 2.40 bits per heavy atom. The van der Waals surface area contributed by atoms with Gasteiger partial charge in [-0.05, 0) is 6.92 Å². The van der Waals surface area contributed by atoms with Gasteiger partial charge < -0.3 is 19.5 Å². The molecule has 1 aliphatic rings.